The van der Waals surface area contributed by atoms with Crippen molar-refractivity contribution >= 4 is 32.8 Å². The highest BCUT2D eigenvalue weighted by Gasteiger charge is 2.18. The third-order valence-corrected chi connectivity index (χ3v) is 6.38. The molecule has 0 radical (unpaired) electrons. The van der Waals surface area contributed by atoms with E-state index in [1.165, 1.54) is 0 Å². The van der Waals surface area contributed by atoms with E-state index in [0.29, 0.717) is 4.90 Å². The summed E-state index contributed by atoms with van der Waals surface area (Å²) < 4.78 is 23.8. The molecule has 128 valence electrons. The summed E-state index contributed by atoms with van der Waals surface area (Å²) in [5, 5.41) is 0.752. The van der Waals surface area contributed by atoms with E-state index in [-0.39, 0.29) is 5.75 Å². The number of hydrogen-bond acceptors (Lipinski definition) is 4. The molecule has 0 spiro atoms. The summed E-state index contributed by atoms with van der Waals surface area (Å²) in [6, 6.07) is 15.1. The fraction of sp³-hybridized carbons (Fsp3) is 0.333. The van der Waals surface area contributed by atoms with Gasteiger partial charge in [0.05, 0.1) is 10.6 Å². The highest BCUT2D eigenvalue weighted by Crippen LogP contribution is 2.24. The molecule has 24 heavy (non-hydrogen) atoms. The average Bonchev–Trinajstić information content (AvgIpc) is 2.62. The van der Waals surface area contributed by atoms with Crippen molar-refractivity contribution in [3.05, 3.63) is 53.6 Å². The van der Waals surface area contributed by atoms with E-state index in [1.54, 1.807) is 19.1 Å². The number of halogens is 1. The lowest BCUT2D eigenvalue weighted by molar-refractivity contribution is 0.597. The minimum absolute atomic E-state index is 0.130. The van der Waals surface area contributed by atoms with E-state index < -0.39 is 9.84 Å². The fourth-order valence-corrected chi connectivity index (χ4v) is 4.00. The molecule has 0 unspecified atom stereocenters. The van der Waals surface area contributed by atoms with Crippen LogP contribution in [0.15, 0.2) is 53.4 Å². The van der Waals surface area contributed by atoms with Crippen LogP contribution in [0.4, 0.5) is 11.4 Å². The number of sulfone groups is 1. The van der Waals surface area contributed by atoms with Gasteiger partial charge in [-0.2, -0.15) is 0 Å². The highest BCUT2D eigenvalue weighted by molar-refractivity contribution is 7.91. The normalized spacial score (nSPS) is 15.6. The molecule has 4 nitrogen and oxygen atoms in total. The molecule has 1 heterocycles. The molecule has 1 saturated heterocycles. The number of benzene rings is 2. The lowest BCUT2D eigenvalue weighted by Crippen LogP contribution is -2.46. The Hall–Kier alpha value is -1.72. The molecule has 0 atom stereocenters. The zero-order valence-corrected chi connectivity index (χ0v) is 15.2. The van der Waals surface area contributed by atoms with Gasteiger partial charge >= 0.3 is 0 Å². The van der Waals surface area contributed by atoms with E-state index in [9.17, 15) is 8.42 Å². The molecule has 0 N–H and O–H groups in total. The van der Waals surface area contributed by atoms with Gasteiger partial charge in [0.1, 0.15) is 0 Å². The Morgan fingerprint density at radius 3 is 2.04 bits per heavy atom. The van der Waals surface area contributed by atoms with Crippen molar-refractivity contribution in [3.8, 4) is 0 Å². The standard InChI is InChI=1S/C18H21ClN2O2S/c1-2-24(22,23)18-8-6-16(7-9-18)20-10-12-21(13-11-20)17-5-3-4-15(19)14-17/h3-9,14H,2,10-13H2,1H3. The first kappa shape index (κ1) is 17.1. The van der Waals surface area contributed by atoms with Gasteiger partial charge in [-0.05, 0) is 42.5 Å². The summed E-state index contributed by atoms with van der Waals surface area (Å²) in [6.07, 6.45) is 0. The van der Waals surface area contributed by atoms with E-state index >= 15 is 0 Å². The van der Waals surface area contributed by atoms with E-state index in [0.717, 1.165) is 42.6 Å². The lowest BCUT2D eigenvalue weighted by Gasteiger charge is -2.37. The second kappa shape index (κ2) is 7.03. The smallest absolute Gasteiger partial charge is 0.178 e. The predicted octanol–water partition coefficient (Wildman–Crippen LogP) is 3.46. The van der Waals surface area contributed by atoms with Crippen LogP contribution in [0.2, 0.25) is 5.02 Å². The molecule has 1 aliphatic heterocycles. The first-order valence-electron chi connectivity index (χ1n) is 8.08. The number of piperazine rings is 1. The number of rotatable bonds is 4. The highest BCUT2D eigenvalue weighted by atomic mass is 35.5. The van der Waals surface area contributed by atoms with Crippen LogP contribution in [0.1, 0.15) is 6.92 Å². The topological polar surface area (TPSA) is 40.6 Å². The van der Waals surface area contributed by atoms with E-state index in [4.69, 9.17) is 11.6 Å². The van der Waals surface area contributed by atoms with Gasteiger partial charge in [-0.25, -0.2) is 8.42 Å². The van der Waals surface area contributed by atoms with Crippen LogP contribution < -0.4 is 9.80 Å². The third kappa shape index (κ3) is 3.68. The Morgan fingerprint density at radius 1 is 0.917 bits per heavy atom. The van der Waals surface area contributed by atoms with Crippen LogP contribution in [-0.4, -0.2) is 40.3 Å². The maximum Gasteiger partial charge on any atom is 0.178 e. The van der Waals surface area contributed by atoms with Crippen molar-refractivity contribution in [1.82, 2.24) is 0 Å². The van der Waals surface area contributed by atoms with Crippen molar-refractivity contribution in [2.24, 2.45) is 0 Å². The maximum absolute atomic E-state index is 11.9. The van der Waals surface area contributed by atoms with Gasteiger partial charge in [-0.15, -0.1) is 0 Å². The molecule has 1 fully saturated rings. The molecular formula is C18H21ClN2O2S. The Morgan fingerprint density at radius 2 is 1.50 bits per heavy atom. The molecular weight excluding hydrogens is 344 g/mol. The SMILES string of the molecule is CCS(=O)(=O)c1ccc(N2CCN(c3cccc(Cl)c3)CC2)cc1. The molecule has 0 bridgehead atoms. The van der Waals surface area contributed by atoms with Crippen molar-refractivity contribution < 1.29 is 8.42 Å². The molecule has 6 heteroatoms. The quantitative estimate of drug-likeness (QED) is 0.833. The van der Waals surface area contributed by atoms with Crippen LogP contribution in [0.25, 0.3) is 0 Å². The summed E-state index contributed by atoms with van der Waals surface area (Å²) in [4.78, 5) is 4.99. The van der Waals surface area contributed by atoms with Crippen molar-refractivity contribution in [3.63, 3.8) is 0 Å². The zero-order valence-electron chi connectivity index (χ0n) is 13.7. The second-order valence-electron chi connectivity index (χ2n) is 5.85. The summed E-state index contributed by atoms with van der Waals surface area (Å²) >= 11 is 6.07. The van der Waals surface area contributed by atoms with Crippen molar-refractivity contribution in [2.45, 2.75) is 11.8 Å². The summed E-state index contributed by atoms with van der Waals surface area (Å²) in [5.41, 5.74) is 2.21. The first-order valence-corrected chi connectivity index (χ1v) is 10.1. The Kier molecular flexibility index (Phi) is 5.01. The number of anilines is 2. The van der Waals surface area contributed by atoms with Gasteiger partial charge in [0, 0.05) is 42.6 Å². The lowest BCUT2D eigenvalue weighted by atomic mass is 10.2. The maximum atomic E-state index is 11.9. The summed E-state index contributed by atoms with van der Waals surface area (Å²) in [6.45, 7) is 5.28. The first-order chi connectivity index (χ1) is 11.5. The average molecular weight is 365 g/mol. The molecule has 0 aromatic heterocycles. The molecule has 2 aromatic carbocycles. The number of hydrogen-bond donors (Lipinski definition) is 0. The Balaban J connectivity index is 1.66. The van der Waals surface area contributed by atoms with Crippen LogP contribution >= 0.6 is 11.6 Å². The molecule has 0 saturated carbocycles. The molecule has 1 aliphatic rings. The monoisotopic (exact) mass is 364 g/mol. The largest absolute Gasteiger partial charge is 0.368 e. The van der Waals surface area contributed by atoms with Gasteiger partial charge in [0.2, 0.25) is 0 Å². The zero-order chi connectivity index (χ0) is 17.2. The van der Waals surface area contributed by atoms with Gasteiger partial charge in [-0.1, -0.05) is 24.6 Å². The number of nitrogens with zero attached hydrogens (tertiary/aromatic N) is 2. The minimum atomic E-state index is -3.13. The molecule has 0 amide bonds. The van der Waals surface area contributed by atoms with Gasteiger partial charge in [0.15, 0.2) is 9.84 Å². The predicted molar refractivity (Wildman–Crippen MR) is 100 cm³/mol. The van der Waals surface area contributed by atoms with Gasteiger partial charge in [-0.3, -0.25) is 0 Å². The Labute approximate surface area is 148 Å². The summed E-state index contributed by atoms with van der Waals surface area (Å²) in [5.74, 6) is 0.130. The third-order valence-electron chi connectivity index (χ3n) is 4.39. The Bertz CT molecular complexity index is 798. The minimum Gasteiger partial charge on any atom is -0.368 e. The fourth-order valence-electron chi connectivity index (χ4n) is 2.93. The van der Waals surface area contributed by atoms with Crippen LogP contribution in [0, 0.1) is 0 Å². The van der Waals surface area contributed by atoms with E-state index in [1.807, 2.05) is 30.3 Å². The van der Waals surface area contributed by atoms with Gasteiger partial charge < -0.3 is 9.80 Å². The van der Waals surface area contributed by atoms with Crippen LogP contribution in [0.5, 0.6) is 0 Å². The molecule has 2 aromatic rings. The molecule has 0 aliphatic carbocycles. The van der Waals surface area contributed by atoms with E-state index in [2.05, 4.69) is 15.9 Å². The van der Waals surface area contributed by atoms with Gasteiger partial charge in [0.25, 0.3) is 0 Å². The van der Waals surface area contributed by atoms with Crippen LogP contribution in [-0.2, 0) is 9.84 Å². The van der Waals surface area contributed by atoms with Crippen LogP contribution in [0.3, 0.4) is 0 Å². The molecule has 3 rings (SSSR count). The summed E-state index contributed by atoms with van der Waals surface area (Å²) in [7, 11) is -3.13. The second-order valence-corrected chi connectivity index (χ2v) is 8.57. The van der Waals surface area contributed by atoms with Crippen molar-refractivity contribution in [2.75, 3.05) is 41.7 Å². The van der Waals surface area contributed by atoms with Crippen molar-refractivity contribution in [1.29, 1.82) is 0 Å².